The molecule has 0 fully saturated rings. The van der Waals surface area contributed by atoms with Gasteiger partial charge in [-0.3, -0.25) is 0 Å². The Labute approximate surface area is 340 Å². The Bertz CT molecular complexity index is 2580. The Morgan fingerprint density at radius 2 is 0.456 bits per heavy atom. The number of benzene rings is 9. The summed E-state index contributed by atoms with van der Waals surface area (Å²) in [6.07, 6.45) is 0. The highest BCUT2D eigenvalue weighted by molar-refractivity contribution is 6.32. The van der Waals surface area contributed by atoms with E-state index >= 15 is 0 Å². The SMILES string of the molecule is CC.[B]c1ccccc1.c1ccc(-c2cccc(-c3ccc(-c4c(-c5ccccc5)ccc(-c5ccccc5)c4-c4ccccc4)cc3)c2-c2ccccc2)cc1. The average molecular weight is 729 g/mol. The van der Waals surface area contributed by atoms with Crippen LogP contribution in [-0.2, 0) is 0 Å². The molecule has 57 heavy (non-hydrogen) atoms. The molecule has 0 bridgehead atoms. The van der Waals surface area contributed by atoms with Crippen molar-refractivity contribution in [2.24, 2.45) is 0 Å². The Hall–Kier alpha value is -6.96. The minimum absolute atomic E-state index is 0.822. The monoisotopic (exact) mass is 728 g/mol. The first-order chi connectivity index (χ1) is 28.2. The second kappa shape index (κ2) is 19.1. The van der Waals surface area contributed by atoms with Crippen molar-refractivity contribution in [2.45, 2.75) is 13.8 Å². The first kappa shape index (κ1) is 38.3. The molecule has 272 valence electrons. The van der Waals surface area contributed by atoms with E-state index in [4.69, 9.17) is 7.85 Å². The molecule has 0 aromatic heterocycles. The summed E-state index contributed by atoms with van der Waals surface area (Å²) in [6, 6.07) is 83.8. The lowest BCUT2D eigenvalue weighted by molar-refractivity contribution is 1.50. The molecule has 0 amide bonds. The average Bonchev–Trinajstić information content (AvgIpc) is 3.31. The second-order valence-electron chi connectivity index (χ2n) is 13.5. The summed E-state index contributed by atoms with van der Waals surface area (Å²) in [5.74, 6) is 0. The van der Waals surface area contributed by atoms with Crippen LogP contribution >= 0.6 is 0 Å². The Morgan fingerprint density at radius 1 is 0.211 bits per heavy atom. The van der Waals surface area contributed by atoms with E-state index in [1.807, 2.05) is 44.2 Å². The van der Waals surface area contributed by atoms with Crippen LogP contribution in [0, 0.1) is 0 Å². The summed E-state index contributed by atoms with van der Waals surface area (Å²) in [5.41, 5.74) is 17.9. The van der Waals surface area contributed by atoms with Crippen LogP contribution in [0.5, 0.6) is 0 Å². The van der Waals surface area contributed by atoms with Gasteiger partial charge in [-0.05, 0) is 77.9 Å². The van der Waals surface area contributed by atoms with E-state index in [9.17, 15) is 0 Å². The molecule has 0 heterocycles. The van der Waals surface area contributed by atoms with E-state index in [1.54, 1.807) is 0 Å². The standard InChI is InChI=1S/C48H34.C6H5B.C2H6/c1-6-17-35(18-7-1)42-27-16-28-43(46(42)39-23-12-4-13-24-39)38-29-31-41(32-30-38)48-45(37-21-10-3-11-22-37)34-33-44(36-19-8-2-9-20-36)47(48)40-25-14-5-15-26-40;7-6-4-2-1-3-5-6;1-2/h1-34H;1-5H;1-2H3. The molecule has 0 aliphatic rings. The van der Waals surface area contributed by atoms with Gasteiger partial charge in [0.05, 0.1) is 0 Å². The van der Waals surface area contributed by atoms with Gasteiger partial charge in [0.25, 0.3) is 0 Å². The fraction of sp³-hybridized carbons (Fsp3) is 0.0357. The van der Waals surface area contributed by atoms with Gasteiger partial charge in [-0.15, -0.1) is 0 Å². The van der Waals surface area contributed by atoms with Crippen molar-refractivity contribution in [3.63, 3.8) is 0 Å². The molecule has 0 aliphatic heterocycles. The number of hydrogen-bond donors (Lipinski definition) is 0. The molecule has 0 nitrogen and oxygen atoms in total. The van der Waals surface area contributed by atoms with Crippen LogP contribution < -0.4 is 5.46 Å². The van der Waals surface area contributed by atoms with E-state index in [-0.39, 0.29) is 0 Å². The van der Waals surface area contributed by atoms with Crippen LogP contribution in [0.4, 0.5) is 0 Å². The normalized spacial score (nSPS) is 10.4. The molecular formula is C56H45B. The van der Waals surface area contributed by atoms with E-state index in [2.05, 4.69) is 206 Å². The summed E-state index contributed by atoms with van der Waals surface area (Å²) in [4.78, 5) is 0. The van der Waals surface area contributed by atoms with E-state index in [0.29, 0.717) is 0 Å². The van der Waals surface area contributed by atoms with Gasteiger partial charge >= 0.3 is 0 Å². The lowest BCUT2D eigenvalue weighted by Gasteiger charge is -2.21. The molecule has 0 atom stereocenters. The third-order valence-electron chi connectivity index (χ3n) is 9.93. The van der Waals surface area contributed by atoms with Crippen molar-refractivity contribution >= 4 is 13.3 Å². The van der Waals surface area contributed by atoms with Gasteiger partial charge < -0.3 is 0 Å². The molecular weight excluding hydrogens is 683 g/mol. The van der Waals surface area contributed by atoms with Crippen molar-refractivity contribution < 1.29 is 0 Å². The van der Waals surface area contributed by atoms with Gasteiger partial charge in [0.15, 0.2) is 0 Å². The third kappa shape index (κ3) is 8.96. The summed E-state index contributed by atoms with van der Waals surface area (Å²) in [5, 5.41) is 0. The Kier molecular flexibility index (Phi) is 12.8. The first-order valence-electron chi connectivity index (χ1n) is 19.7. The smallest absolute Gasteiger partial charge is 0.0967 e. The molecule has 1 heteroatoms. The van der Waals surface area contributed by atoms with Crippen LogP contribution in [0.15, 0.2) is 237 Å². The lowest BCUT2D eigenvalue weighted by atomic mass is 9.82. The molecule has 0 N–H and O–H groups in total. The molecule has 2 radical (unpaired) electrons. The lowest BCUT2D eigenvalue weighted by Crippen LogP contribution is -1.97. The van der Waals surface area contributed by atoms with Gasteiger partial charge in [0, 0.05) is 0 Å². The highest BCUT2D eigenvalue weighted by atomic mass is 14.2. The zero-order chi connectivity index (χ0) is 39.2. The van der Waals surface area contributed by atoms with Crippen LogP contribution in [-0.4, -0.2) is 7.85 Å². The zero-order valence-corrected chi connectivity index (χ0v) is 32.6. The summed E-state index contributed by atoms with van der Waals surface area (Å²) in [6.45, 7) is 4.00. The molecule has 0 saturated carbocycles. The maximum absolute atomic E-state index is 5.36. The molecule has 0 unspecified atom stereocenters. The minimum Gasteiger partial charge on any atom is -0.0967 e. The van der Waals surface area contributed by atoms with E-state index in [0.717, 1.165) is 5.46 Å². The maximum Gasteiger partial charge on any atom is 0.113 e. The largest absolute Gasteiger partial charge is 0.113 e. The van der Waals surface area contributed by atoms with Crippen molar-refractivity contribution in [2.75, 3.05) is 0 Å². The van der Waals surface area contributed by atoms with Gasteiger partial charge in [-0.2, -0.15) is 0 Å². The van der Waals surface area contributed by atoms with Crippen LogP contribution in [0.25, 0.3) is 77.9 Å². The van der Waals surface area contributed by atoms with Crippen molar-refractivity contribution in [3.8, 4) is 77.9 Å². The van der Waals surface area contributed by atoms with Crippen molar-refractivity contribution in [1.82, 2.24) is 0 Å². The van der Waals surface area contributed by atoms with Crippen molar-refractivity contribution in [3.05, 3.63) is 237 Å². The van der Waals surface area contributed by atoms with Gasteiger partial charge in [-0.25, -0.2) is 0 Å². The number of rotatable bonds is 7. The number of hydrogen-bond acceptors (Lipinski definition) is 0. The molecule has 9 aromatic rings. The topological polar surface area (TPSA) is 0 Å². The fourth-order valence-corrected chi connectivity index (χ4v) is 7.36. The summed E-state index contributed by atoms with van der Waals surface area (Å²) in [7, 11) is 5.36. The predicted octanol–water partition coefficient (Wildman–Crippen LogP) is 14.9. The summed E-state index contributed by atoms with van der Waals surface area (Å²) < 4.78 is 0. The fourth-order valence-electron chi connectivity index (χ4n) is 7.36. The molecule has 0 spiro atoms. The highest BCUT2D eigenvalue weighted by Crippen LogP contribution is 2.46. The van der Waals surface area contributed by atoms with Gasteiger partial charge in [0.1, 0.15) is 7.85 Å². The predicted molar refractivity (Wildman–Crippen MR) is 248 cm³/mol. The van der Waals surface area contributed by atoms with Gasteiger partial charge in [0.2, 0.25) is 0 Å². The third-order valence-corrected chi connectivity index (χ3v) is 9.93. The van der Waals surface area contributed by atoms with Crippen LogP contribution in [0.3, 0.4) is 0 Å². The molecule has 9 rings (SSSR count). The highest BCUT2D eigenvalue weighted by Gasteiger charge is 2.20. The van der Waals surface area contributed by atoms with Gasteiger partial charge in [-0.1, -0.05) is 256 Å². The first-order valence-corrected chi connectivity index (χ1v) is 19.7. The Balaban J connectivity index is 0.000000494. The van der Waals surface area contributed by atoms with Crippen molar-refractivity contribution in [1.29, 1.82) is 0 Å². The summed E-state index contributed by atoms with van der Waals surface area (Å²) >= 11 is 0. The van der Waals surface area contributed by atoms with Crippen LogP contribution in [0.1, 0.15) is 13.8 Å². The maximum atomic E-state index is 5.36. The zero-order valence-electron chi connectivity index (χ0n) is 32.6. The minimum atomic E-state index is 0.822. The molecule has 9 aromatic carbocycles. The Morgan fingerprint density at radius 3 is 0.789 bits per heavy atom. The molecule has 0 aliphatic carbocycles. The van der Waals surface area contributed by atoms with E-state index < -0.39 is 0 Å². The quantitative estimate of drug-likeness (QED) is 0.143. The molecule has 0 saturated heterocycles. The van der Waals surface area contributed by atoms with E-state index in [1.165, 1.54) is 77.9 Å². The second-order valence-corrected chi connectivity index (χ2v) is 13.5. The van der Waals surface area contributed by atoms with Crippen LogP contribution in [0.2, 0.25) is 0 Å².